The number of hydrogen-bond donors (Lipinski definition) is 1. The summed E-state index contributed by atoms with van der Waals surface area (Å²) in [4.78, 5) is 17.5. The van der Waals surface area contributed by atoms with Crippen LogP contribution in [0.2, 0.25) is 0 Å². The second-order valence-corrected chi connectivity index (χ2v) is 2.92. The average Bonchev–Trinajstić information content (AvgIpc) is 2.29. The third-order valence-electron chi connectivity index (χ3n) is 1.80. The van der Waals surface area contributed by atoms with Crippen LogP contribution in [0.15, 0.2) is 23.6 Å². The fraction of sp³-hybridized carbons (Fsp3) is 0.333. The van der Waals surface area contributed by atoms with Gasteiger partial charge in [-0.15, -0.1) is 0 Å². The monoisotopic (exact) mass is 223 g/mol. The van der Waals surface area contributed by atoms with Crippen molar-refractivity contribution >= 4 is 5.91 Å². The van der Waals surface area contributed by atoms with Crippen molar-refractivity contribution in [2.75, 3.05) is 13.1 Å². The standard InChI is InChI=1S/C9H10FN5O/c10-8-6-12-5-2-7(8)9(16)13-3-1-4-14-15-11/h2,5-6H,1,3-4H2,(H,13,16). The second kappa shape index (κ2) is 6.36. The molecule has 0 bridgehead atoms. The van der Waals surface area contributed by atoms with Crippen molar-refractivity contribution < 1.29 is 9.18 Å². The summed E-state index contributed by atoms with van der Waals surface area (Å²) in [7, 11) is 0. The highest BCUT2D eigenvalue weighted by atomic mass is 19.1. The number of halogens is 1. The molecule has 1 amide bonds. The van der Waals surface area contributed by atoms with Gasteiger partial charge < -0.3 is 5.32 Å². The summed E-state index contributed by atoms with van der Waals surface area (Å²) in [6, 6.07) is 1.30. The molecule has 1 aromatic heterocycles. The molecule has 0 aromatic carbocycles. The van der Waals surface area contributed by atoms with Gasteiger partial charge in [0.15, 0.2) is 5.82 Å². The van der Waals surface area contributed by atoms with Crippen molar-refractivity contribution in [3.05, 3.63) is 40.3 Å². The van der Waals surface area contributed by atoms with Crippen molar-refractivity contribution in [2.24, 2.45) is 5.11 Å². The van der Waals surface area contributed by atoms with Gasteiger partial charge in [0.05, 0.1) is 11.8 Å². The zero-order valence-corrected chi connectivity index (χ0v) is 8.43. The number of nitrogens with one attached hydrogen (secondary N) is 1. The molecule has 0 radical (unpaired) electrons. The van der Waals surface area contributed by atoms with Gasteiger partial charge in [0, 0.05) is 24.2 Å². The highest BCUT2D eigenvalue weighted by molar-refractivity contribution is 5.94. The number of hydrogen-bond acceptors (Lipinski definition) is 3. The number of carbonyl (C=O) groups is 1. The number of aromatic nitrogens is 1. The molecule has 1 N–H and O–H groups in total. The molecule has 1 rings (SSSR count). The molecule has 0 saturated carbocycles. The van der Waals surface area contributed by atoms with Gasteiger partial charge in [-0.2, -0.15) is 0 Å². The Morgan fingerprint density at radius 3 is 3.19 bits per heavy atom. The maximum atomic E-state index is 13.1. The largest absolute Gasteiger partial charge is 0.352 e. The van der Waals surface area contributed by atoms with Crippen LogP contribution in [0.1, 0.15) is 16.8 Å². The number of carbonyl (C=O) groups excluding carboxylic acids is 1. The van der Waals surface area contributed by atoms with E-state index in [4.69, 9.17) is 5.53 Å². The first-order valence-corrected chi connectivity index (χ1v) is 4.64. The minimum atomic E-state index is -0.657. The Labute approximate surface area is 91.1 Å². The summed E-state index contributed by atoms with van der Waals surface area (Å²) in [5.74, 6) is -1.16. The molecule has 0 fully saturated rings. The zero-order valence-electron chi connectivity index (χ0n) is 8.43. The lowest BCUT2D eigenvalue weighted by atomic mass is 10.2. The quantitative estimate of drug-likeness (QED) is 0.356. The average molecular weight is 223 g/mol. The van der Waals surface area contributed by atoms with Crippen molar-refractivity contribution in [1.82, 2.24) is 10.3 Å². The van der Waals surface area contributed by atoms with E-state index in [1.807, 2.05) is 0 Å². The van der Waals surface area contributed by atoms with E-state index in [9.17, 15) is 9.18 Å². The minimum Gasteiger partial charge on any atom is -0.352 e. The van der Waals surface area contributed by atoms with E-state index in [1.165, 1.54) is 12.3 Å². The molecule has 0 atom stereocenters. The minimum absolute atomic E-state index is 0.0428. The number of amides is 1. The van der Waals surface area contributed by atoms with Crippen molar-refractivity contribution in [3.8, 4) is 0 Å². The third kappa shape index (κ3) is 3.55. The molecule has 84 valence electrons. The molecule has 0 aliphatic heterocycles. The fourth-order valence-corrected chi connectivity index (χ4v) is 1.05. The Morgan fingerprint density at radius 1 is 1.69 bits per heavy atom. The molecule has 7 heteroatoms. The van der Waals surface area contributed by atoms with Gasteiger partial charge in [-0.3, -0.25) is 9.78 Å². The normalized spacial score (nSPS) is 9.31. The summed E-state index contributed by atoms with van der Waals surface area (Å²) < 4.78 is 13.1. The van der Waals surface area contributed by atoms with Crippen LogP contribution in [0, 0.1) is 5.82 Å². The van der Waals surface area contributed by atoms with Gasteiger partial charge >= 0.3 is 0 Å². The molecule has 0 aliphatic carbocycles. The van der Waals surface area contributed by atoms with Gasteiger partial charge in [0.25, 0.3) is 5.91 Å². The first-order valence-electron chi connectivity index (χ1n) is 4.64. The highest BCUT2D eigenvalue weighted by Gasteiger charge is 2.09. The van der Waals surface area contributed by atoms with Crippen molar-refractivity contribution in [3.63, 3.8) is 0 Å². The van der Waals surface area contributed by atoms with E-state index in [0.29, 0.717) is 19.5 Å². The lowest BCUT2D eigenvalue weighted by Gasteiger charge is -2.04. The Balaban J connectivity index is 2.41. The van der Waals surface area contributed by atoms with E-state index in [2.05, 4.69) is 20.3 Å². The van der Waals surface area contributed by atoms with E-state index >= 15 is 0 Å². The summed E-state index contributed by atoms with van der Waals surface area (Å²) in [6.45, 7) is 0.634. The molecule has 6 nitrogen and oxygen atoms in total. The van der Waals surface area contributed by atoms with E-state index in [1.54, 1.807) is 0 Å². The fourth-order valence-electron chi connectivity index (χ4n) is 1.05. The maximum absolute atomic E-state index is 13.1. The van der Waals surface area contributed by atoms with Crippen molar-refractivity contribution in [1.29, 1.82) is 0 Å². The topological polar surface area (TPSA) is 90.8 Å². The van der Waals surface area contributed by atoms with Gasteiger partial charge in [-0.25, -0.2) is 4.39 Å². The second-order valence-electron chi connectivity index (χ2n) is 2.92. The van der Waals surface area contributed by atoms with Crippen LogP contribution in [0.4, 0.5) is 4.39 Å². The maximum Gasteiger partial charge on any atom is 0.254 e. The van der Waals surface area contributed by atoms with Crippen LogP contribution in [-0.2, 0) is 0 Å². The molecular weight excluding hydrogens is 213 g/mol. The summed E-state index contributed by atoms with van der Waals surface area (Å²) in [5.41, 5.74) is 7.96. The Morgan fingerprint density at radius 2 is 2.50 bits per heavy atom. The number of pyridine rings is 1. The first-order chi connectivity index (χ1) is 7.75. The van der Waals surface area contributed by atoms with E-state index in [-0.39, 0.29) is 5.56 Å². The van der Waals surface area contributed by atoms with Gasteiger partial charge in [0.2, 0.25) is 0 Å². The zero-order chi connectivity index (χ0) is 11.8. The molecule has 1 heterocycles. The van der Waals surface area contributed by atoms with Crippen LogP contribution in [0.25, 0.3) is 10.4 Å². The molecule has 0 unspecified atom stereocenters. The molecular formula is C9H10FN5O. The lowest BCUT2D eigenvalue weighted by molar-refractivity contribution is 0.0949. The predicted octanol–water partition coefficient (Wildman–Crippen LogP) is 1.65. The van der Waals surface area contributed by atoms with Crippen LogP contribution in [0.3, 0.4) is 0 Å². The molecule has 16 heavy (non-hydrogen) atoms. The summed E-state index contributed by atoms with van der Waals surface area (Å²) in [6.07, 6.45) is 2.84. The first kappa shape index (κ1) is 11.9. The smallest absolute Gasteiger partial charge is 0.254 e. The van der Waals surface area contributed by atoms with Crippen LogP contribution in [0.5, 0.6) is 0 Å². The third-order valence-corrected chi connectivity index (χ3v) is 1.80. The molecule has 1 aromatic rings. The summed E-state index contributed by atoms with van der Waals surface area (Å²) in [5, 5.41) is 5.81. The Hall–Kier alpha value is -2.14. The van der Waals surface area contributed by atoms with Gasteiger partial charge in [-0.1, -0.05) is 5.11 Å². The van der Waals surface area contributed by atoms with Crippen LogP contribution < -0.4 is 5.32 Å². The van der Waals surface area contributed by atoms with E-state index < -0.39 is 11.7 Å². The predicted molar refractivity (Wildman–Crippen MR) is 55.2 cm³/mol. The van der Waals surface area contributed by atoms with Gasteiger partial charge in [-0.05, 0) is 18.0 Å². The Bertz CT molecular complexity index is 416. The molecule has 0 spiro atoms. The van der Waals surface area contributed by atoms with Crippen LogP contribution in [-0.4, -0.2) is 24.0 Å². The number of rotatable bonds is 5. The van der Waals surface area contributed by atoms with Crippen LogP contribution >= 0.6 is 0 Å². The van der Waals surface area contributed by atoms with E-state index in [0.717, 1.165) is 6.20 Å². The SMILES string of the molecule is [N-]=[N+]=NCCCNC(=O)c1ccncc1F. The number of azide groups is 1. The Kier molecular flexibility index (Phi) is 4.75. The number of nitrogens with zero attached hydrogens (tertiary/aromatic N) is 4. The van der Waals surface area contributed by atoms with Gasteiger partial charge in [0.1, 0.15) is 0 Å². The van der Waals surface area contributed by atoms with Crippen molar-refractivity contribution in [2.45, 2.75) is 6.42 Å². The summed E-state index contributed by atoms with van der Waals surface area (Å²) >= 11 is 0. The molecule has 0 saturated heterocycles. The molecule has 0 aliphatic rings. The lowest BCUT2D eigenvalue weighted by Crippen LogP contribution is -2.25. The highest BCUT2D eigenvalue weighted by Crippen LogP contribution is 2.03.